The van der Waals surface area contributed by atoms with Gasteiger partial charge in [0.15, 0.2) is 6.04 Å². The third kappa shape index (κ3) is 3.03. The van der Waals surface area contributed by atoms with Crippen LogP contribution in [0.1, 0.15) is 37.3 Å². The van der Waals surface area contributed by atoms with Crippen molar-refractivity contribution in [1.29, 1.82) is 0 Å². The SMILES string of the molecule is O=C1CCC2(CCCN([C@@H](c3ccc(Br)cc3)C(F)(F)F)C2=O)N1. The summed E-state index contributed by atoms with van der Waals surface area (Å²) in [5.74, 6) is -0.915. The standard InChI is InChI=1S/C16H16BrF3N2O2/c17-11-4-2-10(3-5-11)13(16(18,19)20)22-9-1-7-15(14(22)24)8-6-12(23)21-15/h2-5,13H,1,6-9H2,(H,21,23)/t13-,15?/m0/s1. The summed E-state index contributed by atoms with van der Waals surface area (Å²) in [5.41, 5.74) is -1.16. The van der Waals surface area contributed by atoms with Gasteiger partial charge in [0, 0.05) is 17.4 Å². The van der Waals surface area contributed by atoms with Crippen molar-refractivity contribution in [2.24, 2.45) is 0 Å². The Bertz CT molecular complexity index is 662. The van der Waals surface area contributed by atoms with Gasteiger partial charge in [0.2, 0.25) is 11.8 Å². The molecule has 2 aliphatic heterocycles. The molecule has 1 N–H and O–H groups in total. The average molecular weight is 405 g/mol. The molecular weight excluding hydrogens is 389 g/mol. The van der Waals surface area contributed by atoms with E-state index in [2.05, 4.69) is 21.2 Å². The number of hydrogen-bond acceptors (Lipinski definition) is 2. The molecule has 0 aromatic heterocycles. The average Bonchev–Trinajstić information content (AvgIpc) is 2.87. The molecule has 2 saturated heterocycles. The molecule has 0 radical (unpaired) electrons. The predicted molar refractivity (Wildman–Crippen MR) is 84.0 cm³/mol. The number of benzene rings is 1. The van der Waals surface area contributed by atoms with Crippen LogP contribution in [0.5, 0.6) is 0 Å². The number of amides is 2. The Kier molecular flexibility index (Phi) is 4.36. The summed E-state index contributed by atoms with van der Waals surface area (Å²) in [6.07, 6.45) is -3.35. The molecule has 1 aromatic carbocycles. The molecule has 1 aromatic rings. The summed E-state index contributed by atoms with van der Waals surface area (Å²) in [6.45, 7) is 0.0245. The molecule has 130 valence electrons. The summed E-state index contributed by atoms with van der Waals surface area (Å²) < 4.78 is 41.8. The minimum atomic E-state index is -4.59. The van der Waals surface area contributed by atoms with E-state index in [9.17, 15) is 22.8 Å². The molecule has 0 aliphatic carbocycles. The van der Waals surface area contributed by atoms with Gasteiger partial charge in [-0.2, -0.15) is 13.2 Å². The summed E-state index contributed by atoms with van der Waals surface area (Å²) in [6, 6.07) is 3.77. The van der Waals surface area contributed by atoms with E-state index in [4.69, 9.17) is 0 Å². The van der Waals surface area contributed by atoms with Gasteiger partial charge in [-0.15, -0.1) is 0 Å². The van der Waals surface area contributed by atoms with Crippen molar-refractivity contribution < 1.29 is 22.8 Å². The lowest BCUT2D eigenvalue weighted by Crippen LogP contribution is -2.61. The highest BCUT2D eigenvalue weighted by atomic mass is 79.9. The van der Waals surface area contributed by atoms with Crippen LogP contribution in [0, 0.1) is 0 Å². The Morgan fingerprint density at radius 2 is 1.83 bits per heavy atom. The van der Waals surface area contributed by atoms with Crippen LogP contribution in [0.2, 0.25) is 0 Å². The molecule has 2 atom stereocenters. The second-order valence-corrected chi connectivity index (χ2v) is 7.14. The monoisotopic (exact) mass is 404 g/mol. The Morgan fingerprint density at radius 1 is 1.17 bits per heavy atom. The number of likely N-dealkylation sites (tertiary alicyclic amines) is 1. The number of hydrogen-bond donors (Lipinski definition) is 1. The predicted octanol–water partition coefficient (Wildman–Crippen LogP) is 3.32. The van der Waals surface area contributed by atoms with Crippen LogP contribution >= 0.6 is 15.9 Å². The van der Waals surface area contributed by atoms with Gasteiger partial charge < -0.3 is 10.2 Å². The molecule has 24 heavy (non-hydrogen) atoms. The van der Waals surface area contributed by atoms with E-state index in [1.54, 1.807) is 0 Å². The van der Waals surface area contributed by atoms with Gasteiger partial charge in [0.05, 0.1) is 0 Å². The number of alkyl halides is 3. The van der Waals surface area contributed by atoms with E-state index in [1.165, 1.54) is 24.3 Å². The van der Waals surface area contributed by atoms with Crippen LogP contribution < -0.4 is 5.32 Å². The largest absolute Gasteiger partial charge is 0.413 e. The van der Waals surface area contributed by atoms with Gasteiger partial charge in [0.1, 0.15) is 5.54 Å². The zero-order valence-corrected chi connectivity index (χ0v) is 14.3. The Morgan fingerprint density at radius 3 is 2.38 bits per heavy atom. The first-order valence-electron chi connectivity index (χ1n) is 7.67. The Labute approximate surface area is 145 Å². The minimum Gasteiger partial charge on any atom is -0.342 e. The fourth-order valence-electron chi connectivity index (χ4n) is 3.54. The third-order valence-electron chi connectivity index (χ3n) is 4.64. The minimum absolute atomic E-state index is 0.0143. The zero-order valence-electron chi connectivity index (χ0n) is 12.7. The first kappa shape index (κ1) is 17.3. The van der Waals surface area contributed by atoms with E-state index < -0.39 is 23.7 Å². The highest BCUT2D eigenvalue weighted by molar-refractivity contribution is 9.10. The van der Waals surface area contributed by atoms with Crippen LogP contribution in [0.4, 0.5) is 13.2 Å². The van der Waals surface area contributed by atoms with Gasteiger partial charge >= 0.3 is 6.18 Å². The first-order chi connectivity index (χ1) is 11.2. The summed E-state index contributed by atoms with van der Waals surface area (Å²) >= 11 is 3.20. The van der Waals surface area contributed by atoms with Crippen molar-refractivity contribution >= 4 is 27.7 Å². The van der Waals surface area contributed by atoms with E-state index in [0.29, 0.717) is 17.3 Å². The van der Waals surface area contributed by atoms with Gasteiger partial charge in [-0.3, -0.25) is 9.59 Å². The van der Waals surface area contributed by atoms with Crippen molar-refractivity contribution in [3.05, 3.63) is 34.3 Å². The number of carbonyl (C=O) groups is 2. The van der Waals surface area contributed by atoms with Crippen LogP contribution in [0.15, 0.2) is 28.7 Å². The van der Waals surface area contributed by atoms with Crippen LogP contribution in [0.25, 0.3) is 0 Å². The Hall–Kier alpha value is -1.57. The maximum atomic E-state index is 13.7. The molecule has 1 spiro atoms. The first-order valence-corrected chi connectivity index (χ1v) is 8.46. The number of nitrogens with one attached hydrogen (secondary N) is 1. The van der Waals surface area contributed by atoms with Crippen LogP contribution in [-0.2, 0) is 9.59 Å². The topological polar surface area (TPSA) is 49.4 Å². The number of halogens is 4. The maximum Gasteiger partial charge on any atom is 0.413 e. The van der Waals surface area contributed by atoms with Gasteiger partial charge in [-0.05, 0) is 37.0 Å². The van der Waals surface area contributed by atoms with Crippen molar-refractivity contribution in [2.45, 2.75) is 43.4 Å². The lowest BCUT2D eigenvalue weighted by Gasteiger charge is -2.43. The molecule has 0 saturated carbocycles. The van der Waals surface area contributed by atoms with E-state index in [1.807, 2.05) is 0 Å². The molecular formula is C16H16BrF3N2O2. The molecule has 3 rings (SSSR count). The van der Waals surface area contributed by atoms with Crippen molar-refractivity contribution in [1.82, 2.24) is 10.2 Å². The molecule has 2 fully saturated rings. The second kappa shape index (κ2) is 6.06. The quantitative estimate of drug-likeness (QED) is 0.821. The van der Waals surface area contributed by atoms with Crippen LogP contribution in [-0.4, -0.2) is 35.0 Å². The van der Waals surface area contributed by atoms with Gasteiger partial charge in [-0.25, -0.2) is 0 Å². The zero-order chi connectivity index (χ0) is 17.5. The Balaban J connectivity index is 1.97. The molecule has 2 aliphatic rings. The van der Waals surface area contributed by atoms with Crippen molar-refractivity contribution in [3.8, 4) is 0 Å². The van der Waals surface area contributed by atoms with Crippen LogP contribution in [0.3, 0.4) is 0 Å². The highest BCUT2D eigenvalue weighted by Crippen LogP contribution is 2.42. The van der Waals surface area contributed by atoms with Gasteiger partial charge in [-0.1, -0.05) is 28.1 Å². The summed E-state index contributed by atoms with van der Waals surface area (Å²) in [7, 11) is 0. The molecule has 2 amide bonds. The van der Waals surface area contributed by atoms with Crippen molar-refractivity contribution in [2.75, 3.05) is 6.54 Å². The lowest BCUT2D eigenvalue weighted by molar-refractivity contribution is -0.197. The number of nitrogens with zero attached hydrogens (tertiary/aromatic N) is 1. The fraction of sp³-hybridized carbons (Fsp3) is 0.500. The number of carbonyl (C=O) groups excluding carboxylic acids is 2. The third-order valence-corrected chi connectivity index (χ3v) is 5.17. The summed E-state index contributed by atoms with van der Waals surface area (Å²) in [4.78, 5) is 25.2. The molecule has 8 heteroatoms. The number of rotatable bonds is 2. The van der Waals surface area contributed by atoms with E-state index in [-0.39, 0.29) is 30.9 Å². The fourth-order valence-corrected chi connectivity index (χ4v) is 3.80. The lowest BCUT2D eigenvalue weighted by atomic mass is 9.85. The molecule has 4 nitrogen and oxygen atoms in total. The molecule has 2 heterocycles. The maximum absolute atomic E-state index is 13.7. The molecule has 0 bridgehead atoms. The number of piperidine rings is 1. The normalized spacial score (nSPS) is 25.9. The second-order valence-electron chi connectivity index (χ2n) is 6.23. The highest BCUT2D eigenvalue weighted by Gasteiger charge is 2.54. The smallest absolute Gasteiger partial charge is 0.342 e. The van der Waals surface area contributed by atoms with Gasteiger partial charge in [0.25, 0.3) is 0 Å². The molecule has 1 unspecified atom stereocenters. The van der Waals surface area contributed by atoms with Crippen molar-refractivity contribution in [3.63, 3.8) is 0 Å². The summed E-state index contributed by atoms with van der Waals surface area (Å²) in [5, 5.41) is 2.61. The van der Waals surface area contributed by atoms with E-state index in [0.717, 1.165) is 4.90 Å². The van der Waals surface area contributed by atoms with E-state index >= 15 is 0 Å².